The topological polar surface area (TPSA) is 49.4 Å². The molecule has 3 aromatic carbocycles. The van der Waals surface area contributed by atoms with Crippen LogP contribution in [-0.2, 0) is 30.4 Å². The first-order valence-electron chi connectivity index (χ1n) is 10.8. The summed E-state index contributed by atoms with van der Waals surface area (Å²) in [5.41, 5.74) is 2.18. The predicted molar refractivity (Wildman–Crippen MR) is 120 cm³/mol. The van der Waals surface area contributed by atoms with Gasteiger partial charge >= 0.3 is 6.18 Å². The molecule has 182 valence electrons. The maximum atomic E-state index is 13.9. The molecule has 0 saturated heterocycles. The summed E-state index contributed by atoms with van der Waals surface area (Å²) in [6.07, 6.45) is -4.64. The van der Waals surface area contributed by atoms with Gasteiger partial charge in [0.1, 0.15) is 11.6 Å². The highest BCUT2D eigenvalue weighted by molar-refractivity contribution is 5.95. The van der Waals surface area contributed by atoms with E-state index in [2.05, 4.69) is 5.32 Å². The van der Waals surface area contributed by atoms with Crippen LogP contribution in [0.2, 0.25) is 0 Å². The minimum Gasteiger partial charge on any atom is -0.334 e. The van der Waals surface area contributed by atoms with Crippen LogP contribution in [0.1, 0.15) is 38.2 Å². The van der Waals surface area contributed by atoms with Crippen molar-refractivity contribution in [2.24, 2.45) is 0 Å². The molecule has 0 radical (unpaired) electrons. The van der Waals surface area contributed by atoms with Gasteiger partial charge in [-0.3, -0.25) is 9.59 Å². The number of fused-ring (bicyclic) bond motifs is 1. The first-order valence-corrected chi connectivity index (χ1v) is 10.8. The maximum Gasteiger partial charge on any atom is 0.419 e. The van der Waals surface area contributed by atoms with E-state index in [1.54, 1.807) is 11.0 Å². The maximum absolute atomic E-state index is 13.9. The minimum atomic E-state index is -4.81. The zero-order valence-corrected chi connectivity index (χ0v) is 18.7. The van der Waals surface area contributed by atoms with Crippen molar-refractivity contribution in [2.75, 3.05) is 11.9 Å². The molecule has 1 aliphatic heterocycles. The lowest BCUT2D eigenvalue weighted by molar-refractivity contribution is -0.140. The van der Waals surface area contributed by atoms with E-state index in [9.17, 15) is 31.5 Å². The second kappa shape index (κ2) is 9.48. The van der Waals surface area contributed by atoms with Crippen LogP contribution in [-0.4, -0.2) is 23.3 Å². The Morgan fingerprint density at radius 1 is 1.00 bits per heavy atom. The van der Waals surface area contributed by atoms with Gasteiger partial charge in [0.15, 0.2) is 0 Å². The Morgan fingerprint density at radius 3 is 2.37 bits per heavy atom. The second-order valence-corrected chi connectivity index (χ2v) is 8.42. The Morgan fingerprint density at radius 2 is 1.71 bits per heavy atom. The molecule has 0 unspecified atom stereocenters. The number of aryl methyl sites for hydroxylation is 1. The summed E-state index contributed by atoms with van der Waals surface area (Å²) < 4.78 is 65.3. The van der Waals surface area contributed by atoms with Crippen molar-refractivity contribution in [3.05, 3.63) is 99.6 Å². The highest BCUT2D eigenvalue weighted by Crippen LogP contribution is 2.32. The first-order chi connectivity index (χ1) is 16.5. The summed E-state index contributed by atoms with van der Waals surface area (Å²) in [6.45, 7) is 2.50. The summed E-state index contributed by atoms with van der Waals surface area (Å²) in [5, 5.41) is 2.80. The molecular formula is C26H21F5N2O2. The van der Waals surface area contributed by atoms with Gasteiger partial charge in [-0.05, 0) is 72.0 Å². The number of rotatable bonds is 4. The van der Waals surface area contributed by atoms with Gasteiger partial charge in [0, 0.05) is 24.3 Å². The number of carbonyl (C=O) groups excluding carboxylic acids is 2. The van der Waals surface area contributed by atoms with E-state index in [4.69, 9.17) is 0 Å². The number of halogens is 5. The summed E-state index contributed by atoms with van der Waals surface area (Å²) in [5.74, 6) is -2.58. The van der Waals surface area contributed by atoms with E-state index >= 15 is 0 Å². The van der Waals surface area contributed by atoms with Crippen LogP contribution in [0.3, 0.4) is 0 Å². The van der Waals surface area contributed by atoms with Gasteiger partial charge in [0.05, 0.1) is 12.0 Å². The van der Waals surface area contributed by atoms with Gasteiger partial charge < -0.3 is 10.2 Å². The van der Waals surface area contributed by atoms with Crippen molar-refractivity contribution in [3.8, 4) is 0 Å². The van der Waals surface area contributed by atoms with E-state index < -0.39 is 29.3 Å². The van der Waals surface area contributed by atoms with Gasteiger partial charge in [0.2, 0.25) is 5.91 Å². The molecule has 4 rings (SSSR count). The van der Waals surface area contributed by atoms with Crippen LogP contribution in [0.15, 0.2) is 54.6 Å². The fourth-order valence-electron chi connectivity index (χ4n) is 4.16. The van der Waals surface area contributed by atoms with Gasteiger partial charge in [-0.15, -0.1) is 0 Å². The van der Waals surface area contributed by atoms with Gasteiger partial charge in [-0.25, -0.2) is 8.78 Å². The molecule has 35 heavy (non-hydrogen) atoms. The van der Waals surface area contributed by atoms with Crippen molar-refractivity contribution in [1.82, 2.24) is 4.90 Å². The Labute approximate surface area is 198 Å². The number of hydrogen-bond acceptors (Lipinski definition) is 2. The second-order valence-electron chi connectivity index (χ2n) is 8.42. The number of benzene rings is 3. The highest BCUT2D eigenvalue weighted by Gasteiger charge is 2.34. The smallest absolute Gasteiger partial charge is 0.334 e. The zero-order chi connectivity index (χ0) is 25.3. The lowest BCUT2D eigenvalue weighted by atomic mass is 9.94. The average molecular weight is 488 g/mol. The van der Waals surface area contributed by atoms with Crippen LogP contribution < -0.4 is 5.32 Å². The van der Waals surface area contributed by atoms with E-state index in [0.29, 0.717) is 42.9 Å². The molecule has 1 aliphatic rings. The van der Waals surface area contributed by atoms with E-state index in [1.807, 2.05) is 13.0 Å². The van der Waals surface area contributed by atoms with Crippen molar-refractivity contribution in [1.29, 1.82) is 0 Å². The summed E-state index contributed by atoms with van der Waals surface area (Å²) in [7, 11) is 0. The molecule has 0 saturated carbocycles. The van der Waals surface area contributed by atoms with Crippen LogP contribution in [0.4, 0.5) is 27.6 Å². The van der Waals surface area contributed by atoms with Crippen LogP contribution in [0, 0.1) is 18.6 Å². The highest BCUT2D eigenvalue weighted by atomic mass is 19.4. The van der Waals surface area contributed by atoms with Crippen molar-refractivity contribution in [2.45, 2.75) is 32.5 Å². The molecule has 0 bridgehead atoms. The normalized spacial score (nSPS) is 13.4. The van der Waals surface area contributed by atoms with E-state index in [-0.39, 0.29) is 17.9 Å². The molecule has 1 heterocycles. The van der Waals surface area contributed by atoms with Crippen molar-refractivity contribution < 1.29 is 31.5 Å². The lowest BCUT2D eigenvalue weighted by Crippen LogP contribution is -2.36. The zero-order valence-electron chi connectivity index (χ0n) is 18.7. The molecule has 0 fully saturated rings. The lowest BCUT2D eigenvalue weighted by Gasteiger charge is -2.31. The predicted octanol–water partition coefficient (Wildman–Crippen LogP) is 5.67. The number of alkyl halides is 3. The molecule has 0 aromatic heterocycles. The molecular weight excluding hydrogens is 467 g/mol. The quantitative estimate of drug-likeness (QED) is 0.481. The van der Waals surface area contributed by atoms with E-state index in [0.717, 1.165) is 22.8 Å². The number of amides is 2. The van der Waals surface area contributed by atoms with Gasteiger partial charge in [-0.1, -0.05) is 18.2 Å². The Balaban J connectivity index is 1.49. The monoisotopic (exact) mass is 488 g/mol. The minimum absolute atomic E-state index is 0.117. The average Bonchev–Trinajstić information content (AvgIpc) is 2.80. The van der Waals surface area contributed by atoms with Crippen LogP contribution in [0.25, 0.3) is 0 Å². The molecule has 1 N–H and O–H groups in total. The molecule has 0 spiro atoms. The number of nitrogens with one attached hydrogen (secondary N) is 1. The molecule has 4 nitrogen and oxygen atoms in total. The van der Waals surface area contributed by atoms with Crippen LogP contribution in [0.5, 0.6) is 0 Å². The number of hydrogen-bond donors (Lipinski definition) is 1. The number of anilines is 1. The van der Waals surface area contributed by atoms with Gasteiger partial charge in [-0.2, -0.15) is 13.2 Å². The third kappa shape index (κ3) is 5.34. The molecule has 0 atom stereocenters. The fraction of sp³-hybridized carbons (Fsp3) is 0.231. The SMILES string of the molecule is Cc1ccc2c(c1NC(=O)Cc1ccc(C(F)(F)F)c(F)c1)CCN(C(=O)c1ccc(F)cc1)C2. The van der Waals surface area contributed by atoms with Gasteiger partial charge in [0.25, 0.3) is 5.91 Å². The first kappa shape index (κ1) is 24.4. The molecule has 0 aliphatic carbocycles. The number of nitrogens with zero attached hydrogens (tertiary/aromatic N) is 1. The van der Waals surface area contributed by atoms with E-state index in [1.165, 1.54) is 24.3 Å². The standard InChI is InChI=1S/C26H21F5N2O2/c1-15-2-4-18-14-33(25(35)17-5-7-19(27)8-6-17)11-10-20(18)24(15)32-23(34)13-16-3-9-21(22(28)12-16)26(29,30)31/h2-9,12H,10-11,13-14H2,1H3,(H,32,34). The Kier molecular flexibility index (Phi) is 6.60. The molecule has 2 amide bonds. The Hall–Kier alpha value is -3.75. The number of carbonyl (C=O) groups is 2. The fourth-order valence-corrected chi connectivity index (χ4v) is 4.16. The molecule has 3 aromatic rings. The van der Waals surface area contributed by atoms with Crippen molar-refractivity contribution in [3.63, 3.8) is 0 Å². The molecule has 9 heteroatoms. The third-order valence-electron chi connectivity index (χ3n) is 5.96. The summed E-state index contributed by atoms with van der Waals surface area (Å²) in [6, 6.07) is 11.4. The Bertz CT molecular complexity index is 1290. The summed E-state index contributed by atoms with van der Waals surface area (Å²) in [4.78, 5) is 27.1. The summed E-state index contributed by atoms with van der Waals surface area (Å²) >= 11 is 0. The van der Waals surface area contributed by atoms with Crippen molar-refractivity contribution >= 4 is 17.5 Å². The van der Waals surface area contributed by atoms with Crippen LogP contribution >= 0.6 is 0 Å². The largest absolute Gasteiger partial charge is 0.419 e. The third-order valence-corrected chi connectivity index (χ3v) is 5.96.